The van der Waals surface area contributed by atoms with Gasteiger partial charge in [0.2, 0.25) is 0 Å². The number of nitrogens with zero attached hydrogens (tertiary/aromatic N) is 1. The number of carbonyl (C=O) groups is 2. The number of nitrogens with one attached hydrogen (secondary N) is 1. The molecule has 1 amide bonds. The van der Waals surface area contributed by atoms with Crippen LogP contribution in [0, 0.1) is 11.3 Å². The summed E-state index contributed by atoms with van der Waals surface area (Å²) in [5.41, 5.74) is 1.24. The monoisotopic (exact) mass is 414 g/mol. The molecule has 0 saturated heterocycles. The predicted octanol–water partition coefficient (Wildman–Crippen LogP) is 3.81. The van der Waals surface area contributed by atoms with Crippen molar-refractivity contribution in [1.82, 2.24) is 0 Å². The second-order valence-corrected chi connectivity index (χ2v) is 6.20. The van der Waals surface area contributed by atoms with Gasteiger partial charge in [0.15, 0.2) is 17.6 Å². The molecule has 0 saturated carbocycles. The Hall–Kier alpha value is -3.50. The number of para-hydroxylation sites is 1. The highest BCUT2D eigenvalue weighted by molar-refractivity contribution is 6.32. The fraction of sp³-hybridized carbons (Fsp3) is 0.190. The Bertz CT molecular complexity index is 982. The smallest absolute Gasteiger partial charge is 0.331 e. The zero-order chi connectivity index (χ0) is 21.4. The molecular weight excluding hydrogens is 396 g/mol. The minimum atomic E-state index is -1.06. The van der Waals surface area contributed by atoms with Crippen LogP contribution in [0.25, 0.3) is 6.08 Å². The van der Waals surface area contributed by atoms with Crippen molar-refractivity contribution in [3.8, 4) is 17.6 Å². The number of amides is 1. The lowest BCUT2D eigenvalue weighted by atomic mass is 10.2. The number of halogens is 1. The third-order valence-corrected chi connectivity index (χ3v) is 4.12. The fourth-order valence-corrected chi connectivity index (χ4v) is 2.69. The van der Waals surface area contributed by atoms with Crippen molar-refractivity contribution in [2.24, 2.45) is 0 Å². The van der Waals surface area contributed by atoms with E-state index < -0.39 is 18.0 Å². The second-order valence-electron chi connectivity index (χ2n) is 5.80. The molecule has 1 N–H and O–H groups in total. The number of ether oxygens (including phenoxy) is 3. The molecule has 0 aliphatic rings. The van der Waals surface area contributed by atoms with Gasteiger partial charge in [0.1, 0.15) is 6.07 Å². The Balaban J connectivity index is 2.02. The zero-order valence-electron chi connectivity index (χ0n) is 16.1. The first-order valence-electron chi connectivity index (χ1n) is 8.49. The van der Waals surface area contributed by atoms with E-state index >= 15 is 0 Å². The van der Waals surface area contributed by atoms with Gasteiger partial charge in [-0.1, -0.05) is 23.7 Å². The van der Waals surface area contributed by atoms with Crippen LogP contribution in [0.15, 0.2) is 42.5 Å². The van der Waals surface area contributed by atoms with Crippen molar-refractivity contribution in [3.63, 3.8) is 0 Å². The van der Waals surface area contributed by atoms with E-state index in [1.54, 1.807) is 36.4 Å². The second kappa shape index (κ2) is 10.2. The van der Waals surface area contributed by atoms with Gasteiger partial charge in [0.05, 0.1) is 30.5 Å². The first-order chi connectivity index (χ1) is 13.9. The Kier molecular flexibility index (Phi) is 7.63. The van der Waals surface area contributed by atoms with Gasteiger partial charge in [-0.05, 0) is 42.8 Å². The van der Waals surface area contributed by atoms with E-state index in [2.05, 4.69) is 5.32 Å². The zero-order valence-corrected chi connectivity index (χ0v) is 16.8. The molecule has 0 bridgehead atoms. The number of hydrogen-bond donors (Lipinski definition) is 1. The average molecular weight is 415 g/mol. The van der Waals surface area contributed by atoms with Gasteiger partial charge in [-0.15, -0.1) is 0 Å². The van der Waals surface area contributed by atoms with E-state index in [0.29, 0.717) is 33.3 Å². The molecule has 0 heterocycles. The van der Waals surface area contributed by atoms with E-state index in [-0.39, 0.29) is 0 Å². The minimum absolute atomic E-state index is 0.310. The van der Waals surface area contributed by atoms with Crippen LogP contribution in [-0.4, -0.2) is 32.2 Å². The molecule has 0 aliphatic heterocycles. The molecule has 0 spiro atoms. The van der Waals surface area contributed by atoms with Crippen molar-refractivity contribution in [2.75, 3.05) is 19.5 Å². The summed E-state index contributed by atoms with van der Waals surface area (Å²) in [6.45, 7) is 1.43. The molecule has 2 aromatic rings. The molecule has 2 aromatic carbocycles. The van der Waals surface area contributed by atoms with Crippen LogP contribution in [0.2, 0.25) is 5.02 Å². The lowest BCUT2D eigenvalue weighted by Crippen LogP contribution is -2.29. The number of nitriles is 1. The molecule has 0 fully saturated rings. The highest BCUT2D eigenvalue weighted by Crippen LogP contribution is 2.36. The van der Waals surface area contributed by atoms with E-state index in [9.17, 15) is 9.59 Å². The van der Waals surface area contributed by atoms with Gasteiger partial charge in [-0.25, -0.2) is 4.79 Å². The summed E-state index contributed by atoms with van der Waals surface area (Å²) < 4.78 is 15.5. The summed E-state index contributed by atoms with van der Waals surface area (Å²) in [5, 5.41) is 11.9. The van der Waals surface area contributed by atoms with E-state index in [0.717, 1.165) is 0 Å². The molecule has 7 nitrogen and oxygen atoms in total. The lowest BCUT2D eigenvalue weighted by molar-refractivity contribution is -0.148. The number of benzene rings is 2. The van der Waals surface area contributed by atoms with Crippen molar-refractivity contribution in [3.05, 3.63) is 58.6 Å². The Morgan fingerprint density at radius 1 is 1.21 bits per heavy atom. The third-order valence-electron chi connectivity index (χ3n) is 3.84. The van der Waals surface area contributed by atoms with E-state index in [1.807, 2.05) is 6.07 Å². The van der Waals surface area contributed by atoms with Crippen LogP contribution in [0.5, 0.6) is 11.5 Å². The quantitative estimate of drug-likeness (QED) is 0.546. The topological polar surface area (TPSA) is 97.6 Å². The van der Waals surface area contributed by atoms with Crippen LogP contribution in [0.4, 0.5) is 5.69 Å². The number of hydrogen-bond acceptors (Lipinski definition) is 6. The summed E-state index contributed by atoms with van der Waals surface area (Å²) in [5.74, 6) is -0.468. The molecule has 1 atom stereocenters. The van der Waals surface area contributed by atoms with Crippen molar-refractivity contribution in [1.29, 1.82) is 5.26 Å². The Morgan fingerprint density at radius 3 is 2.59 bits per heavy atom. The first kappa shape index (κ1) is 21.8. The standard InChI is InChI=1S/C21H19ClN2O5/c1-13(21(26)24-17-7-5-4-6-15(17)12-23)29-19(25)9-8-14-10-16(22)20(28-3)18(11-14)27-2/h4-11,13H,1-3H3,(H,24,26)/b9-8+/t13-/m1/s1. The van der Waals surface area contributed by atoms with Crippen molar-refractivity contribution >= 4 is 35.2 Å². The summed E-state index contributed by atoms with van der Waals surface area (Å²) in [6, 6.07) is 11.7. The molecule has 0 aromatic heterocycles. The van der Waals surface area contributed by atoms with Gasteiger partial charge in [-0.3, -0.25) is 4.79 Å². The van der Waals surface area contributed by atoms with Crippen LogP contribution in [0.1, 0.15) is 18.1 Å². The van der Waals surface area contributed by atoms with Gasteiger partial charge in [0.25, 0.3) is 5.91 Å². The van der Waals surface area contributed by atoms with Crippen LogP contribution >= 0.6 is 11.6 Å². The van der Waals surface area contributed by atoms with Gasteiger partial charge in [0, 0.05) is 6.08 Å². The molecule has 0 aliphatic carbocycles. The molecule has 29 heavy (non-hydrogen) atoms. The molecule has 2 rings (SSSR count). The number of rotatable bonds is 7. The average Bonchev–Trinajstić information content (AvgIpc) is 2.72. The Morgan fingerprint density at radius 2 is 1.93 bits per heavy atom. The summed E-state index contributed by atoms with van der Waals surface area (Å²) in [4.78, 5) is 24.3. The van der Waals surface area contributed by atoms with Crippen LogP contribution in [-0.2, 0) is 14.3 Å². The molecule has 8 heteroatoms. The van der Waals surface area contributed by atoms with Gasteiger partial charge in [-0.2, -0.15) is 5.26 Å². The van der Waals surface area contributed by atoms with Crippen LogP contribution in [0.3, 0.4) is 0 Å². The molecule has 0 radical (unpaired) electrons. The molecule has 150 valence electrons. The maximum Gasteiger partial charge on any atom is 0.331 e. The van der Waals surface area contributed by atoms with E-state index in [4.69, 9.17) is 31.1 Å². The van der Waals surface area contributed by atoms with Crippen LogP contribution < -0.4 is 14.8 Å². The predicted molar refractivity (Wildman–Crippen MR) is 109 cm³/mol. The number of anilines is 1. The lowest BCUT2D eigenvalue weighted by Gasteiger charge is -2.13. The maximum atomic E-state index is 12.2. The number of esters is 1. The summed E-state index contributed by atoms with van der Waals surface area (Å²) in [7, 11) is 2.94. The van der Waals surface area contributed by atoms with Crippen molar-refractivity contribution < 1.29 is 23.8 Å². The number of methoxy groups -OCH3 is 2. The van der Waals surface area contributed by atoms with Gasteiger partial charge >= 0.3 is 5.97 Å². The third kappa shape index (κ3) is 5.74. The van der Waals surface area contributed by atoms with E-state index in [1.165, 1.54) is 33.3 Å². The summed E-state index contributed by atoms with van der Waals surface area (Å²) >= 11 is 6.13. The molecular formula is C21H19ClN2O5. The first-order valence-corrected chi connectivity index (χ1v) is 8.87. The summed E-state index contributed by atoms with van der Waals surface area (Å²) in [6.07, 6.45) is 1.59. The van der Waals surface area contributed by atoms with Gasteiger partial charge < -0.3 is 19.5 Å². The fourth-order valence-electron chi connectivity index (χ4n) is 2.39. The van der Waals surface area contributed by atoms with Crippen molar-refractivity contribution in [2.45, 2.75) is 13.0 Å². The number of carbonyl (C=O) groups excluding carboxylic acids is 2. The minimum Gasteiger partial charge on any atom is -0.493 e. The largest absolute Gasteiger partial charge is 0.493 e. The maximum absolute atomic E-state index is 12.2. The SMILES string of the molecule is COc1cc(/C=C/C(=O)O[C@H](C)C(=O)Nc2ccccc2C#N)cc(Cl)c1OC. The highest BCUT2D eigenvalue weighted by atomic mass is 35.5. The molecule has 0 unspecified atom stereocenters. The normalized spacial score (nSPS) is 11.4. The highest BCUT2D eigenvalue weighted by Gasteiger charge is 2.18. The Labute approximate surface area is 173 Å².